The molecule has 0 aliphatic heterocycles. The lowest BCUT2D eigenvalue weighted by Gasteiger charge is -2.24. The molecule has 1 amide bonds. The zero-order chi connectivity index (χ0) is 20.7. The van der Waals surface area contributed by atoms with Crippen LogP contribution in [0.1, 0.15) is 29.5 Å². The van der Waals surface area contributed by atoms with Crippen molar-refractivity contribution in [1.82, 2.24) is 0 Å². The normalized spacial score (nSPS) is 11.3. The summed E-state index contributed by atoms with van der Waals surface area (Å²) in [6, 6.07) is 13.2. The van der Waals surface area contributed by atoms with Crippen LogP contribution in [0.2, 0.25) is 0 Å². The quantitative estimate of drug-likeness (QED) is 0.692. The number of amides is 1. The van der Waals surface area contributed by atoms with E-state index in [1.54, 1.807) is 7.11 Å². The van der Waals surface area contributed by atoms with Crippen molar-refractivity contribution < 1.29 is 17.9 Å². The van der Waals surface area contributed by atoms with Crippen LogP contribution < -0.4 is 9.62 Å². The van der Waals surface area contributed by atoms with Gasteiger partial charge >= 0.3 is 0 Å². The van der Waals surface area contributed by atoms with Crippen LogP contribution in [0.5, 0.6) is 0 Å². The molecule has 0 spiro atoms. The number of carbonyl (C=O) groups excluding carboxylic acids is 1. The lowest BCUT2D eigenvalue weighted by molar-refractivity contribution is -0.116. The molecular formula is C21H28N2O4S. The summed E-state index contributed by atoms with van der Waals surface area (Å²) in [6.45, 7) is 4.53. The van der Waals surface area contributed by atoms with Crippen LogP contribution in [-0.4, -0.2) is 34.2 Å². The summed E-state index contributed by atoms with van der Waals surface area (Å²) in [4.78, 5) is 12.3. The molecule has 0 saturated heterocycles. The number of anilines is 2. The van der Waals surface area contributed by atoms with Gasteiger partial charge in [0.05, 0.1) is 18.6 Å². The Morgan fingerprint density at radius 3 is 2.57 bits per heavy atom. The van der Waals surface area contributed by atoms with E-state index in [4.69, 9.17) is 4.74 Å². The Bertz CT molecular complexity index is 926. The van der Waals surface area contributed by atoms with Crippen molar-refractivity contribution in [3.8, 4) is 0 Å². The number of rotatable bonds is 9. The fourth-order valence-electron chi connectivity index (χ4n) is 2.97. The van der Waals surface area contributed by atoms with Gasteiger partial charge in [-0.1, -0.05) is 24.3 Å². The molecule has 1 N–H and O–H groups in total. The smallest absolute Gasteiger partial charge is 0.232 e. The Morgan fingerprint density at radius 1 is 1.14 bits per heavy atom. The van der Waals surface area contributed by atoms with Gasteiger partial charge in [-0.2, -0.15) is 0 Å². The van der Waals surface area contributed by atoms with Crippen LogP contribution in [0.4, 0.5) is 11.4 Å². The molecule has 0 bridgehead atoms. The van der Waals surface area contributed by atoms with Crippen molar-refractivity contribution >= 4 is 27.3 Å². The van der Waals surface area contributed by atoms with Crippen LogP contribution in [-0.2, 0) is 26.2 Å². The fourth-order valence-corrected chi connectivity index (χ4v) is 3.98. The van der Waals surface area contributed by atoms with Gasteiger partial charge in [0, 0.05) is 25.8 Å². The molecule has 2 aromatic rings. The standard InChI is InChI=1S/C21H28N2O4S/c1-16-10-11-17(2)20(13-16)23(28(4,25)26)12-6-9-21(24)22-19-8-5-7-18(14-19)15-27-3/h5,7-8,10-11,13-14H,6,9,12,15H2,1-4H3,(H,22,24). The maximum absolute atomic E-state index is 12.3. The zero-order valence-corrected chi connectivity index (χ0v) is 17.7. The van der Waals surface area contributed by atoms with Crippen LogP contribution in [0.3, 0.4) is 0 Å². The highest BCUT2D eigenvalue weighted by molar-refractivity contribution is 7.92. The summed E-state index contributed by atoms with van der Waals surface area (Å²) in [5.74, 6) is -0.149. The number of methoxy groups -OCH3 is 1. The monoisotopic (exact) mass is 404 g/mol. The highest BCUT2D eigenvalue weighted by Crippen LogP contribution is 2.24. The van der Waals surface area contributed by atoms with Crippen molar-refractivity contribution in [3.05, 3.63) is 59.2 Å². The van der Waals surface area contributed by atoms with E-state index >= 15 is 0 Å². The number of nitrogens with one attached hydrogen (secondary N) is 1. The van der Waals surface area contributed by atoms with Gasteiger partial charge < -0.3 is 10.1 Å². The molecule has 0 unspecified atom stereocenters. The molecule has 152 valence electrons. The topological polar surface area (TPSA) is 75.7 Å². The highest BCUT2D eigenvalue weighted by Gasteiger charge is 2.19. The third-order valence-corrected chi connectivity index (χ3v) is 5.50. The number of nitrogens with zero attached hydrogens (tertiary/aromatic N) is 1. The van der Waals surface area contributed by atoms with Gasteiger partial charge in [0.25, 0.3) is 0 Å². The van der Waals surface area contributed by atoms with E-state index in [-0.39, 0.29) is 18.9 Å². The third-order valence-electron chi connectivity index (χ3n) is 4.32. The molecule has 0 saturated carbocycles. The molecule has 7 heteroatoms. The average molecular weight is 405 g/mol. The van der Waals surface area contributed by atoms with E-state index in [1.165, 1.54) is 10.6 Å². The first-order valence-electron chi connectivity index (χ1n) is 9.13. The summed E-state index contributed by atoms with van der Waals surface area (Å²) >= 11 is 0. The highest BCUT2D eigenvalue weighted by atomic mass is 32.2. The van der Waals surface area contributed by atoms with Gasteiger partial charge in [-0.25, -0.2) is 8.42 Å². The number of hydrogen-bond donors (Lipinski definition) is 1. The molecule has 2 aromatic carbocycles. The Hall–Kier alpha value is -2.38. The maximum atomic E-state index is 12.3. The van der Waals surface area contributed by atoms with E-state index in [0.717, 1.165) is 16.7 Å². The van der Waals surface area contributed by atoms with Crippen LogP contribution in [0.25, 0.3) is 0 Å². The van der Waals surface area contributed by atoms with Gasteiger partial charge in [-0.3, -0.25) is 9.10 Å². The predicted octanol–water partition coefficient (Wildman–Crippen LogP) is 3.63. The van der Waals surface area contributed by atoms with Crippen molar-refractivity contribution in [1.29, 1.82) is 0 Å². The first kappa shape index (κ1) is 21.9. The average Bonchev–Trinajstić information content (AvgIpc) is 2.61. The second kappa shape index (κ2) is 9.71. The van der Waals surface area contributed by atoms with Crippen molar-refractivity contribution in [2.45, 2.75) is 33.3 Å². The van der Waals surface area contributed by atoms with Gasteiger partial charge in [0.1, 0.15) is 0 Å². The fraction of sp³-hybridized carbons (Fsp3) is 0.381. The first-order chi connectivity index (χ1) is 13.2. The second-order valence-corrected chi connectivity index (χ2v) is 8.82. The zero-order valence-electron chi connectivity index (χ0n) is 16.9. The molecule has 6 nitrogen and oxygen atoms in total. The van der Waals surface area contributed by atoms with Gasteiger partial charge in [-0.05, 0) is 55.2 Å². The minimum absolute atomic E-state index is 0.149. The molecule has 0 aliphatic carbocycles. The van der Waals surface area contributed by atoms with E-state index in [0.29, 0.717) is 24.4 Å². The number of carbonyl (C=O) groups is 1. The van der Waals surface area contributed by atoms with E-state index < -0.39 is 10.0 Å². The lowest BCUT2D eigenvalue weighted by atomic mass is 10.1. The van der Waals surface area contributed by atoms with Crippen LogP contribution >= 0.6 is 0 Å². The minimum Gasteiger partial charge on any atom is -0.380 e. The number of sulfonamides is 1. The van der Waals surface area contributed by atoms with Gasteiger partial charge in [-0.15, -0.1) is 0 Å². The molecule has 0 aromatic heterocycles. The van der Waals surface area contributed by atoms with E-state index in [9.17, 15) is 13.2 Å². The lowest BCUT2D eigenvalue weighted by Crippen LogP contribution is -2.32. The van der Waals surface area contributed by atoms with Gasteiger partial charge in [0.2, 0.25) is 15.9 Å². The molecule has 0 aliphatic rings. The summed E-state index contributed by atoms with van der Waals surface area (Å²) < 4.78 is 31.0. The van der Waals surface area contributed by atoms with Crippen LogP contribution in [0.15, 0.2) is 42.5 Å². The Kier molecular flexibility index (Phi) is 7.60. The Balaban J connectivity index is 1.99. The number of ether oxygens (including phenoxy) is 1. The SMILES string of the molecule is COCc1cccc(NC(=O)CCCN(c2cc(C)ccc2C)S(C)(=O)=O)c1. The van der Waals surface area contributed by atoms with E-state index in [2.05, 4.69) is 5.32 Å². The Labute approximate surface area is 167 Å². The number of hydrogen-bond acceptors (Lipinski definition) is 4. The van der Waals surface area contributed by atoms with Crippen LogP contribution in [0, 0.1) is 13.8 Å². The third kappa shape index (κ3) is 6.35. The Morgan fingerprint density at radius 2 is 1.89 bits per heavy atom. The second-order valence-electron chi connectivity index (χ2n) is 6.91. The molecular weight excluding hydrogens is 376 g/mol. The first-order valence-corrected chi connectivity index (χ1v) is 11.0. The van der Waals surface area contributed by atoms with Gasteiger partial charge in [0.15, 0.2) is 0 Å². The largest absolute Gasteiger partial charge is 0.380 e. The molecule has 0 radical (unpaired) electrons. The summed E-state index contributed by atoms with van der Waals surface area (Å²) in [7, 11) is -1.82. The maximum Gasteiger partial charge on any atom is 0.232 e. The summed E-state index contributed by atoms with van der Waals surface area (Å²) in [6.07, 6.45) is 1.84. The molecule has 0 fully saturated rings. The van der Waals surface area contributed by atoms with Crippen molar-refractivity contribution in [2.75, 3.05) is 29.5 Å². The number of aryl methyl sites for hydroxylation is 2. The molecule has 0 atom stereocenters. The number of benzene rings is 2. The van der Waals surface area contributed by atoms with Crippen molar-refractivity contribution in [3.63, 3.8) is 0 Å². The molecule has 28 heavy (non-hydrogen) atoms. The predicted molar refractivity (Wildman–Crippen MR) is 113 cm³/mol. The van der Waals surface area contributed by atoms with Crippen molar-refractivity contribution in [2.24, 2.45) is 0 Å². The minimum atomic E-state index is -3.44. The molecule has 0 heterocycles. The van der Waals surface area contributed by atoms with E-state index in [1.807, 2.05) is 56.3 Å². The summed E-state index contributed by atoms with van der Waals surface area (Å²) in [5, 5.41) is 2.85. The molecule has 2 rings (SSSR count). The summed E-state index contributed by atoms with van der Waals surface area (Å²) in [5.41, 5.74) is 4.21.